The molecule has 0 amide bonds. The molecule has 2 aliphatic carbocycles. The van der Waals surface area contributed by atoms with Crippen molar-refractivity contribution in [3.8, 4) is 0 Å². The summed E-state index contributed by atoms with van der Waals surface area (Å²) in [7, 11) is -0.144. The molecule has 0 bridgehead atoms. The van der Waals surface area contributed by atoms with Crippen molar-refractivity contribution in [1.29, 1.82) is 0 Å². The second-order valence-electron chi connectivity index (χ2n) is 7.78. The smallest absolute Gasteiger partial charge is 1.00 e. The van der Waals surface area contributed by atoms with Crippen LogP contribution in [0.3, 0.4) is 0 Å². The van der Waals surface area contributed by atoms with E-state index in [0.29, 0.717) is 0 Å². The first kappa shape index (κ1) is 20.8. The molecule has 2 aromatic carbocycles. The van der Waals surface area contributed by atoms with Crippen LogP contribution in [0.15, 0.2) is 34.9 Å². The van der Waals surface area contributed by atoms with Gasteiger partial charge in [-0.15, -0.1) is 0 Å². The number of hydrogen-bond donors (Lipinski definition) is 0. The first-order valence-corrected chi connectivity index (χ1v) is 15.0. The van der Waals surface area contributed by atoms with Gasteiger partial charge in [-0.25, -0.2) is 0 Å². The van der Waals surface area contributed by atoms with Crippen molar-refractivity contribution >= 4 is 20.1 Å². The number of halogens is 2. The summed E-state index contributed by atoms with van der Waals surface area (Å²) in [5.41, 5.74) is 12.6. The molecule has 0 saturated carbocycles. The zero-order valence-corrected chi connectivity index (χ0v) is 20.8. The Morgan fingerprint density at radius 2 is 1.04 bits per heavy atom. The molecule has 3 aliphatic rings. The predicted octanol–water partition coefficient (Wildman–Crippen LogP) is 0.627. The van der Waals surface area contributed by atoms with Crippen LogP contribution >= 0.6 is 7.92 Å². The van der Waals surface area contributed by atoms with Crippen molar-refractivity contribution in [3.05, 3.63) is 79.4 Å². The molecule has 0 N–H and O–H groups in total. The molecule has 0 radical (unpaired) electrons. The van der Waals surface area contributed by atoms with Crippen LogP contribution in [0, 0.1) is 27.7 Å². The molecule has 2 aromatic rings. The van der Waals surface area contributed by atoms with Crippen LogP contribution in [-0.2, 0) is 22.9 Å². The van der Waals surface area contributed by atoms with E-state index >= 15 is 0 Å². The van der Waals surface area contributed by atoms with Crippen molar-refractivity contribution in [3.63, 3.8) is 0 Å². The van der Waals surface area contributed by atoms with Gasteiger partial charge in [0.1, 0.15) is 0 Å². The predicted molar refractivity (Wildman–Crippen MR) is 106 cm³/mol. The van der Waals surface area contributed by atoms with E-state index in [0.717, 1.165) is 7.35 Å². The quantitative estimate of drug-likeness (QED) is 0.336. The summed E-state index contributed by atoms with van der Waals surface area (Å²) in [6.07, 6.45) is 5.20. The van der Waals surface area contributed by atoms with Crippen LogP contribution in [0.25, 0.3) is 12.2 Å². The molecule has 0 nitrogen and oxygen atoms in total. The molecule has 2 unspecified atom stereocenters. The summed E-state index contributed by atoms with van der Waals surface area (Å²) in [5.74, 6) is 0. The Balaban J connectivity index is 0.00000105. The van der Waals surface area contributed by atoms with Crippen LogP contribution in [-0.4, -0.2) is 6.66 Å². The van der Waals surface area contributed by atoms with E-state index in [1.807, 2.05) is 0 Å². The van der Waals surface area contributed by atoms with Crippen molar-refractivity contribution in [2.24, 2.45) is 0 Å². The van der Waals surface area contributed by atoms with Crippen molar-refractivity contribution < 1.29 is 32.3 Å². The molecule has 0 spiro atoms. The van der Waals surface area contributed by atoms with Crippen LogP contribution < -0.4 is 9.41 Å². The summed E-state index contributed by atoms with van der Waals surface area (Å²) in [6.45, 7) is 11.8. The molecule has 4 heteroatoms. The first-order chi connectivity index (χ1) is 12.0. The molecule has 27 heavy (non-hydrogen) atoms. The van der Waals surface area contributed by atoms with Crippen LogP contribution in [0.1, 0.15) is 51.9 Å². The Morgan fingerprint density at radius 1 is 0.667 bits per heavy atom. The fraction of sp³-hybridized carbons (Fsp3) is 0.304. The van der Waals surface area contributed by atoms with E-state index in [9.17, 15) is 0 Å². The summed E-state index contributed by atoms with van der Waals surface area (Å²) in [4.78, 5) is 0. The van der Waals surface area contributed by atoms with Crippen molar-refractivity contribution in [2.45, 2.75) is 35.0 Å². The van der Waals surface area contributed by atoms with E-state index in [1.165, 1.54) is 22.3 Å². The molecular formula is C23H23F2HfP. The molecule has 1 heterocycles. The minimum atomic E-state index is -0.894. The Morgan fingerprint density at radius 3 is 1.44 bits per heavy atom. The monoisotopic (exact) mass is 548 g/mol. The maximum Gasteiger partial charge on any atom is -1.00 e. The van der Waals surface area contributed by atoms with E-state index in [-0.39, 0.29) is 17.3 Å². The average Bonchev–Trinajstić information content (AvgIpc) is 3.16. The van der Waals surface area contributed by atoms with E-state index in [2.05, 4.69) is 70.8 Å². The van der Waals surface area contributed by atoms with Crippen molar-refractivity contribution in [2.75, 3.05) is 6.66 Å². The molecule has 1 aliphatic heterocycles. The fourth-order valence-electron chi connectivity index (χ4n) is 4.85. The Kier molecular flexibility index (Phi) is 5.51. The second kappa shape index (κ2) is 7.16. The normalized spacial score (nSPS) is 23.2. The van der Waals surface area contributed by atoms with E-state index in [1.54, 1.807) is 32.9 Å². The molecule has 2 atom stereocenters. The van der Waals surface area contributed by atoms with Gasteiger partial charge in [-0.05, 0) is 0 Å². The van der Waals surface area contributed by atoms with Gasteiger partial charge in [0.15, 0.2) is 0 Å². The average molecular weight is 547 g/mol. The Bertz CT molecular complexity index is 926. The summed E-state index contributed by atoms with van der Waals surface area (Å²) < 4.78 is 1.66. The summed E-state index contributed by atoms with van der Waals surface area (Å²) >= 11 is -0.894. The third-order valence-corrected chi connectivity index (χ3v) is 17.1. The zero-order valence-electron chi connectivity index (χ0n) is 16.3. The third-order valence-electron chi connectivity index (χ3n) is 6.31. The van der Waals surface area contributed by atoms with Gasteiger partial charge < -0.3 is 9.41 Å². The van der Waals surface area contributed by atoms with Crippen LogP contribution in [0.2, 0.25) is 0 Å². The number of allylic oxidation sites excluding steroid dienone is 2. The number of hydrogen-bond acceptors (Lipinski definition) is 0. The summed E-state index contributed by atoms with van der Waals surface area (Å²) in [5, 5.41) is 3.60. The van der Waals surface area contributed by atoms with Gasteiger partial charge in [0.2, 0.25) is 0 Å². The minimum absolute atomic E-state index is 0. The van der Waals surface area contributed by atoms with Gasteiger partial charge >= 0.3 is 164 Å². The molecule has 1 fully saturated rings. The third kappa shape index (κ3) is 2.80. The van der Waals surface area contributed by atoms with Gasteiger partial charge in [-0.3, -0.25) is 0 Å². The molecule has 0 aromatic heterocycles. The van der Waals surface area contributed by atoms with Gasteiger partial charge in [-0.2, -0.15) is 0 Å². The molecular weight excluding hydrogens is 524 g/mol. The fourth-order valence-corrected chi connectivity index (χ4v) is 19.2. The Hall–Kier alpha value is -0.920. The van der Waals surface area contributed by atoms with Gasteiger partial charge in [0.25, 0.3) is 0 Å². The zero-order chi connectivity index (χ0) is 17.5. The van der Waals surface area contributed by atoms with E-state index < -0.39 is 22.9 Å². The second-order valence-corrected chi connectivity index (χ2v) is 15.3. The van der Waals surface area contributed by atoms with Gasteiger partial charge in [0, 0.05) is 0 Å². The maximum absolute atomic E-state index is 2.60. The number of aryl methyl sites for hydroxylation is 4. The van der Waals surface area contributed by atoms with E-state index in [4.69, 9.17) is 0 Å². The van der Waals surface area contributed by atoms with Gasteiger partial charge in [0.05, 0.1) is 0 Å². The molecule has 5 rings (SSSR count). The Labute approximate surface area is 173 Å². The number of fused-ring (bicyclic) bond motifs is 6. The molecule has 138 valence electrons. The van der Waals surface area contributed by atoms with Crippen LogP contribution in [0.4, 0.5) is 0 Å². The summed E-state index contributed by atoms with van der Waals surface area (Å²) in [6, 6.07) is 9.35. The topological polar surface area (TPSA) is 0 Å². The standard InChI is InChI=1S/C23H23P.2FH.Hf/c1-14-6-7-15(2)21-11-18(10-20(14)21)24(5)19-12-22-16(3)8-9-17(4)23(22)13-19;;;/h6-13H,1-5H3;2*1H;/q;;;+2/p-2. The van der Waals surface area contributed by atoms with Crippen molar-refractivity contribution in [1.82, 2.24) is 0 Å². The molecule has 1 saturated heterocycles. The minimum Gasteiger partial charge on any atom is -1.00 e. The first-order valence-electron chi connectivity index (χ1n) is 9.10. The number of benzene rings is 2. The SMILES string of the molecule is Cc1ccc(C)c2c1C=C1[CH]2[Hf+2][CH]2C(=Cc3c(C)ccc(C)c32)P1C.[F-].[F-]. The van der Waals surface area contributed by atoms with Gasteiger partial charge in [-0.1, -0.05) is 0 Å². The maximum atomic E-state index is 2.60. The van der Waals surface area contributed by atoms with Crippen LogP contribution in [0.5, 0.6) is 0 Å². The largest absolute Gasteiger partial charge is 1.00 e. The number of rotatable bonds is 0.